The van der Waals surface area contributed by atoms with Crippen molar-refractivity contribution in [1.29, 1.82) is 0 Å². The lowest BCUT2D eigenvalue weighted by Gasteiger charge is -2.09. The lowest BCUT2D eigenvalue weighted by atomic mass is 10.1. The van der Waals surface area contributed by atoms with Crippen molar-refractivity contribution < 1.29 is 18.7 Å². The lowest BCUT2D eigenvalue weighted by molar-refractivity contribution is 0.0602. The molecule has 0 spiro atoms. The monoisotopic (exact) mass is 426 g/mol. The second kappa shape index (κ2) is 8.08. The third-order valence-corrected chi connectivity index (χ3v) is 4.79. The van der Waals surface area contributed by atoms with Crippen LogP contribution in [-0.4, -0.2) is 39.9 Å². The summed E-state index contributed by atoms with van der Waals surface area (Å²) in [5.74, 6) is -0.816. The van der Waals surface area contributed by atoms with Gasteiger partial charge in [0.25, 0.3) is 0 Å². The molecule has 0 fully saturated rings. The van der Waals surface area contributed by atoms with Gasteiger partial charge in [-0.15, -0.1) is 0 Å². The first kappa shape index (κ1) is 19.8. The number of ether oxygens (including phenoxy) is 2. The highest BCUT2D eigenvalue weighted by Gasteiger charge is 2.17. The first-order chi connectivity index (χ1) is 14.5. The molecule has 2 aromatic heterocycles. The number of carbonyl (C=O) groups excluding carboxylic acids is 1. The van der Waals surface area contributed by atoms with Crippen molar-refractivity contribution in [3.8, 4) is 17.0 Å². The van der Waals surface area contributed by atoms with Crippen molar-refractivity contribution in [2.24, 2.45) is 0 Å². The number of carbonyl (C=O) groups is 1. The summed E-state index contributed by atoms with van der Waals surface area (Å²) in [6.07, 6.45) is 4.82. The predicted octanol–water partition coefficient (Wildman–Crippen LogP) is 4.13. The Morgan fingerprint density at radius 3 is 2.67 bits per heavy atom. The van der Waals surface area contributed by atoms with Gasteiger partial charge in [-0.2, -0.15) is 5.10 Å². The number of methoxy groups -OCH3 is 2. The van der Waals surface area contributed by atoms with Gasteiger partial charge < -0.3 is 9.47 Å². The van der Waals surface area contributed by atoms with E-state index < -0.39 is 11.8 Å². The van der Waals surface area contributed by atoms with Crippen LogP contribution in [0.5, 0.6) is 5.75 Å². The molecule has 0 aliphatic carbocycles. The van der Waals surface area contributed by atoms with Gasteiger partial charge in [0.05, 0.1) is 61.8 Å². The molecule has 0 saturated heterocycles. The molecule has 0 aliphatic rings. The highest BCUT2D eigenvalue weighted by atomic mass is 35.5. The van der Waals surface area contributed by atoms with E-state index in [9.17, 15) is 9.18 Å². The second-order valence-corrected chi connectivity index (χ2v) is 6.86. The Labute approximate surface area is 176 Å². The number of halogens is 2. The predicted molar refractivity (Wildman–Crippen MR) is 109 cm³/mol. The molecule has 30 heavy (non-hydrogen) atoms. The first-order valence-electron chi connectivity index (χ1n) is 8.88. The average Bonchev–Trinajstić information content (AvgIpc) is 3.15. The topological polar surface area (TPSA) is 79.1 Å². The van der Waals surface area contributed by atoms with Crippen LogP contribution in [0.3, 0.4) is 0 Å². The second-order valence-electron chi connectivity index (χ2n) is 6.43. The number of benzene rings is 2. The Balaban J connectivity index is 1.66. The zero-order valence-corrected chi connectivity index (χ0v) is 16.9. The molecule has 9 heteroatoms. The van der Waals surface area contributed by atoms with Crippen LogP contribution in [0.2, 0.25) is 5.02 Å². The van der Waals surface area contributed by atoms with Gasteiger partial charge in [-0.1, -0.05) is 11.6 Å². The molecular formula is C21H16ClFN4O3. The van der Waals surface area contributed by atoms with Gasteiger partial charge >= 0.3 is 5.97 Å². The molecule has 0 atom stereocenters. The molecule has 7 nitrogen and oxygen atoms in total. The van der Waals surface area contributed by atoms with Crippen LogP contribution in [0, 0.1) is 5.82 Å². The Morgan fingerprint density at radius 1 is 1.13 bits per heavy atom. The third-order valence-electron chi connectivity index (χ3n) is 4.57. The van der Waals surface area contributed by atoms with Crippen LogP contribution in [0.1, 0.15) is 16.1 Å². The van der Waals surface area contributed by atoms with Crippen LogP contribution < -0.4 is 4.74 Å². The molecule has 152 valence electrons. The SMILES string of the molecule is COC(=O)c1cc(Cl)cc2cnn(Cc3cnc(-c4ccc(F)c(OC)c4)cn3)c12. The minimum atomic E-state index is -0.504. The van der Waals surface area contributed by atoms with E-state index in [-0.39, 0.29) is 12.3 Å². The van der Waals surface area contributed by atoms with E-state index in [0.717, 1.165) is 0 Å². The quantitative estimate of drug-likeness (QED) is 0.446. The van der Waals surface area contributed by atoms with Crippen molar-refractivity contribution in [2.45, 2.75) is 6.54 Å². The summed E-state index contributed by atoms with van der Waals surface area (Å²) in [6, 6.07) is 7.76. The van der Waals surface area contributed by atoms with Crippen molar-refractivity contribution >= 4 is 28.5 Å². The van der Waals surface area contributed by atoms with E-state index in [1.807, 2.05) is 0 Å². The first-order valence-corrected chi connectivity index (χ1v) is 9.26. The van der Waals surface area contributed by atoms with Gasteiger partial charge in [0.2, 0.25) is 0 Å². The highest BCUT2D eigenvalue weighted by molar-refractivity contribution is 6.32. The van der Waals surface area contributed by atoms with Crippen LogP contribution in [0.25, 0.3) is 22.2 Å². The van der Waals surface area contributed by atoms with Crippen molar-refractivity contribution in [2.75, 3.05) is 14.2 Å². The summed E-state index contributed by atoms with van der Waals surface area (Å²) in [5, 5.41) is 5.48. The number of fused-ring (bicyclic) bond motifs is 1. The van der Waals surface area contributed by atoms with E-state index in [4.69, 9.17) is 21.1 Å². The van der Waals surface area contributed by atoms with Crippen molar-refractivity contribution in [3.05, 3.63) is 71.0 Å². The van der Waals surface area contributed by atoms with Crippen LogP contribution in [-0.2, 0) is 11.3 Å². The number of rotatable bonds is 5. The van der Waals surface area contributed by atoms with Crippen LogP contribution in [0.4, 0.5) is 4.39 Å². The molecule has 0 radical (unpaired) electrons. The van der Waals surface area contributed by atoms with E-state index in [2.05, 4.69) is 15.1 Å². The van der Waals surface area contributed by atoms with Gasteiger partial charge in [0.1, 0.15) is 0 Å². The Bertz CT molecular complexity index is 1240. The molecule has 0 amide bonds. The molecule has 0 bridgehead atoms. The van der Waals surface area contributed by atoms with Gasteiger partial charge in [-0.25, -0.2) is 9.18 Å². The number of esters is 1. The summed E-state index contributed by atoms with van der Waals surface area (Å²) in [7, 11) is 2.71. The standard InChI is InChI=1S/C21H16ClFN4O3/c1-29-19-6-12(3-4-17(19)23)18-10-24-15(9-25-18)11-27-20-13(8-26-27)5-14(22)7-16(20)21(28)30-2/h3-10H,11H2,1-2H3. The van der Waals surface area contributed by atoms with E-state index in [0.29, 0.717) is 38.4 Å². The summed E-state index contributed by atoms with van der Waals surface area (Å²) in [4.78, 5) is 21.0. The number of hydrogen-bond donors (Lipinski definition) is 0. The van der Waals surface area contributed by atoms with E-state index in [1.165, 1.54) is 20.3 Å². The van der Waals surface area contributed by atoms with Crippen molar-refractivity contribution in [3.63, 3.8) is 0 Å². The summed E-state index contributed by atoms with van der Waals surface area (Å²) >= 11 is 6.10. The zero-order chi connectivity index (χ0) is 21.3. The zero-order valence-electron chi connectivity index (χ0n) is 16.1. The summed E-state index contributed by atoms with van der Waals surface area (Å²) in [5.41, 5.74) is 2.80. The van der Waals surface area contributed by atoms with Crippen LogP contribution >= 0.6 is 11.6 Å². The number of aromatic nitrogens is 4. The fourth-order valence-electron chi connectivity index (χ4n) is 3.14. The molecule has 0 saturated carbocycles. The highest BCUT2D eigenvalue weighted by Crippen LogP contribution is 2.26. The van der Waals surface area contributed by atoms with E-state index >= 15 is 0 Å². The number of hydrogen-bond acceptors (Lipinski definition) is 6. The van der Waals surface area contributed by atoms with Gasteiger partial charge in [-0.05, 0) is 30.3 Å². The fraction of sp³-hybridized carbons (Fsp3) is 0.143. The molecule has 4 rings (SSSR count). The Kier molecular flexibility index (Phi) is 5.33. The van der Waals surface area contributed by atoms with Crippen LogP contribution in [0.15, 0.2) is 48.9 Å². The van der Waals surface area contributed by atoms with Crippen molar-refractivity contribution in [1.82, 2.24) is 19.7 Å². The van der Waals surface area contributed by atoms with E-state index in [1.54, 1.807) is 47.5 Å². The third kappa shape index (κ3) is 3.69. The largest absolute Gasteiger partial charge is 0.494 e. The molecule has 0 N–H and O–H groups in total. The smallest absolute Gasteiger partial charge is 0.340 e. The molecular weight excluding hydrogens is 411 g/mol. The molecule has 0 aliphatic heterocycles. The summed E-state index contributed by atoms with van der Waals surface area (Å²) < 4.78 is 25.1. The Morgan fingerprint density at radius 2 is 1.97 bits per heavy atom. The molecule has 0 unspecified atom stereocenters. The maximum absolute atomic E-state index is 13.6. The van der Waals surface area contributed by atoms with Gasteiger partial charge in [-0.3, -0.25) is 14.6 Å². The minimum Gasteiger partial charge on any atom is -0.494 e. The van der Waals surface area contributed by atoms with Gasteiger partial charge in [0.15, 0.2) is 11.6 Å². The lowest BCUT2D eigenvalue weighted by Crippen LogP contribution is -2.09. The molecule has 2 heterocycles. The normalized spacial score (nSPS) is 10.9. The minimum absolute atomic E-state index is 0.135. The average molecular weight is 427 g/mol. The fourth-order valence-corrected chi connectivity index (χ4v) is 3.37. The maximum Gasteiger partial charge on any atom is 0.340 e. The molecule has 4 aromatic rings. The maximum atomic E-state index is 13.6. The molecule has 2 aromatic carbocycles. The van der Waals surface area contributed by atoms with Gasteiger partial charge in [0, 0.05) is 16.0 Å². The summed E-state index contributed by atoms with van der Waals surface area (Å²) in [6.45, 7) is 0.287. The number of nitrogens with zero attached hydrogens (tertiary/aromatic N) is 4. The Hall–Kier alpha value is -3.52.